The summed E-state index contributed by atoms with van der Waals surface area (Å²) in [7, 11) is 1.54. The number of methoxy groups -OCH3 is 1. The highest BCUT2D eigenvalue weighted by atomic mass is 16.5. The van der Waals surface area contributed by atoms with Crippen molar-refractivity contribution in [3.05, 3.63) is 45.4 Å². The van der Waals surface area contributed by atoms with Crippen LogP contribution in [0.25, 0.3) is 23.3 Å². The third kappa shape index (κ3) is 1.97. The average Bonchev–Trinajstić information content (AvgIpc) is 2.47. The molecule has 0 spiro atoms. The normalized spacial score (nSPS) is 13.2. The second kappa shape index (κ2) is 4.56. The molecule has 0 saturated heterocycles. The Hall–Kier alpha value is -2.63. The Morgan fingerprint density at radius 2 is 2.11 bits per heavy atom. The van der Waals surface area contributed by atoms with E-state index in [-0.39, 0.29) is 5.56 Å². The fraction of sp³-hybridized carbons (Fsp3) is 0.154. The second-order valence-electron chi connectivity index (χ2n) is 4.06. The van der Waals surface area contributed by atoms with Gasteiger partial charge in [0.1, 0.15) is 16.8 Å². The Morgan fingerprint density at radius 3 is 2.84 bits per heavy atom. The number of aromatic amines is 1. The van der Waals surface area contributed by atoms with Crippen LogP contribution in [-0.2, 0) is 4.74 Å². The molecule has 2 aromatic rings. The van der Waals surface area contributed by atoms with Gasteiger partial charge in [0.05, 0.1) is 19.0 Å². The summed E-state index contributed by atoms with van der Waals surface area (Å²) < 4.78 is 5.21. The standard InChI is InChI=1S/C13H12N4O2/c1-19-10-7-15-6-9-11(10)13(18)17-12(16-9)8-2-4-14-5-3-8/h2-6,15H,7H2,1H3,(H,16,17,18). The molecule has 3 heterocycles. The van der Waals surface area contributed by atoms with Crippen LogP contribution in [-0.4, -0.2) is 28.6 Å². The Labute approximate surface area is 108 Å². The van der Waals surface area contributed by atoms with Gasteiger partial charge in [-0.15, -0.1) is 0 Å². The largest absolute Gasteiger partial charge is 0.498 e. The third-order valence-corrected chi connectivity index (χ3v) is 2.93. The first-order chi connectivity index (χ1) is 9.29. The van der Waals surface area contributed by atoms with Crippen LogP contribution in [0.5, 0.6) is 0 Å². The van der Waals surface area contributed by atoms with E-state index in [9.17, 15) is 4.79 Å². The Kier molecular flexibility index (Phi) is 2.75. The molecule has 3 rings (SSSR count). The molecule has 0 bridgehead atoms. The number of nitrogens with zero attached hydrogens (tertiary/aromatic N) is 2. The maximum absolute atomic E-state index is 12.2. The molecule has 0 atom stereocenters. The van der Waals surface area contributed by atoms with E-state index in [0.29, 0.717) is 28.7 Å². The molecule has 0 aromatic carbocycles. The number of hydrogen-bond acceptors (Lipinski definition) is 5. The van der Waals surface area contributed by atoms with Gasteiger partial charge >= 0.3 is 0 Å². The van der Waals surface area contributed by atoms with E-state index >= 15 is 0 Å². The molecule has 0 aliphatic carbocycles. The summed E-state index contributed by atoms with van der Waals surface area (Å²) >= 11 is 0. The second-order valence-corrected chi connectivity index (χ2v) is 4.06. The topological polar surface area (TPSA) is 79.9 Å². The Bertz CT molecular complexity index is 781. The van der Waals surface area contributed by atoms with Crippen molar-refractivity contribution in [2.24, 2.45) is 0 Å². The van der Waals surface area contributed by atoms with E-state index in [1.54, 1.807) is 37.8 Å². The monoisotopic (exact) mass is 256 g/mol. The van der Waals surface area contributed by atoms with E-state index in [4.69, 9.17) is 4.74 Å². The van der Waals surface area contributed by atoms with Crippen LogP contribution in [0, 0.1) is 0 Å². The van der Waals surface area contributed by atoms with E-state index in [1.807, 2.05) is 0 Å². The maximum atomic E-state index is 12.2. The van der Waals surface area contributed by atoms with Crippen molar-refractivity contribution in [2.45, 2.75) is 0 Å². The molecule has 0 amide bonds. The molecule has 2 aromatic heterocycles. The molecule has 19 heavy (non-hydrogen) atoms. The minimum atomic E-state index is -0.202. The summed E-state index contributed by atoms with van der Waals surface area (Å²) in [5.41, 5.74) is 0.610. The van der Waals surface area contributed by atoms with Gasteiger partial charge in [0.25, 0.3) is 5.56 Å². The first kappa shape index (κ1) is 11.5. The lowest BCUT2D eigenvalue weighted by molar-refractivity contribution is 0.351. The van der Waals surface area contributed by atoms with Crippen LogP contribution in [0.3, 0.4) is 0 Å². The molecule has 0 fully saturated rings. The van der Waals surface area contributed by atoms with Gasteiger partial charge in [-0.25, -0.2) is 4.98 Å². The summed E-state index contributed by atoms with van der Waals surface area (Å²) in [5.74, 6) is 1.11. The minimum absolute atomic E-state index is 0.202. The van der Waals surface area contributed by atoms with Gasteiger partial charge in [-0.2, -0.15) is 0 Å². The predicted molar refractivity (Wildman–Crippen MR) is 70.2 cm³/mol. The molecule has 1 aliphatic rings. The van der Waals surface area contributed by atoms with Crippen molar-refractivity contribution in [2.75, 3.05) is 13.7 Å². The van der Waals surface area contributed by atoms with E-state index in [0.717, 1.165) is 5.56 Å². The van der Waals surface area contributed by atoms with Crippen LogP contribution < -0.4 is 21.4 Å². The summed E-state index contributed by atoms with van der Waals surface area (Å²) in [6, 6.07) is 3.59. The van der Waals surface area contributed by atoms with Gasteiger partial charge in [-0.1, -0.05) is 0 Å². The van der Waals surface area contributed by atoms with Gasteiger partial charge in [0, 0.05) is 24.2 Å². The molecule has 2 N–H and O–H groups in total. The number of rotatable bonds is 2. The number of H-pyrrole nitrogens is 1. The summed E-state index contributed by atoms with van der Waals surface area (Å²) in [6.07, 6.45) is 5.03. The van der Waals surface area contributed by atoms with Crippen LogP contribution in [0.15, 0.2) is 29.3 Å². The summed E-state index contributed by atoms with van der Waals surface area (Å²) in [6.45, 7) is 0.489. The molecule has 96 valence electrons. The van der Waals surface area contributed by atoms with E-state index < -0.39 is 0 Å². The highest BCUT2D eigenvalue weighted by Crippen LogP contribution is 2.08. The average molecular weight is 256 g/mol. The number of pyridine rings is 1. The van der Waals surface area contributed by atoms with Crippen LogP contribution in [0.1, 0.15) is 0 Å². The summed E-state index contributed by atoms with van der Waals surface area (Å²) in [4.78, 5) is 23.3. The van der Waals surface area contributed by atoms with Crippen LogP contribution in [0.2, 0.25) is 0 Å². The fourth-order valence-electron chi connectivity index (χ4n) is 2.01. The molecule has 0 saturated carbocycles. The predicted octanol–water partition coefficient (Wildman–Crippen LogP) is -1.07. The first-order valence-corrected chi connectivity index (χ1v) is 5.81. The SMILES string of the molecule is COC1=c2c(nc(-c3ccncc3)[nH]c2=O)=CNC1. The third-order valence-electron chi connectivity index (χ3n) is 2.93. The molecular weight excluding hydrogens is 244 g/mol. The van der Waals surface area contributed by atoms with Gasteiger partial charge in [-0.3, -0.25) is 9.78 Å². The highest BCUT2D eigenvalue weighted by Gasteiger charge is 2.10. The van der Waals surface area contributed by atoms with Crippen molar-refractivity contribution >= 4 is 12.0 Å². The quantitative estimate of drug-likeness (QED) is 0.715. The van der Waals surface area contributed by atoms with Crippen LogP contribution in [0.4, 0.5) is 0 Å². The zero-order chi connectivity index (χ0) is 13.2. The number of aromatic nitrogens is 3. The Morgan fingerprint density at radius 1 is 1.32 bits per heavy atom. The van der Waals surface area contributed by atoms with Crippen molar-refractivity contribution in [1.29, 1.82) is 0 Å². The van der Waals surface area contributed by atoms with Crippen molar-refractivity contribution in [1.82, 2.24) is 20.3 Å². The van der Waals surface area contributed by atoms with Gasteiger partial charge < -0.3 is 15.0 Å². The number of fused-ring (bicyclic) bond motifs is 1. The molecule has 6 heteroatoms. The zero-order valence-electron chi connectivity index (χ0n) is 10.3. The smallest absolute Gasteiger partial charge is 0.262 e. The van der Waals surface area contributed by atoms with E-state index in [1.165, 1.54) is 0 Å². The lowest BCUT2D eigenvalue weighted by atomic mass is 10.2. The number of ether oxygens (including phenoxy) is 1. The lowest BCUT2D eigenvalue weighted by Gasteiger charge is -2.11. The van der Waals surface area contributed by atoms with E-state index in [2.05, 4.69) is 20.3 Å². The molecular formula is C13H12N4O2. The first-order valence-electron chi connectivity index (χ1n) is 5.81. The van der Waals surface area contributed by atoms with Crippen molar-refractivity contribution in [3.63, 3.8) is 0 Å². The fourth-order valence-corrected chi connectivity index (χ4v) is 2.01. The lowest BCUT2D eigenvalue weighted by Crippen LogP contribution is -2.49. The van der Waals surface area contributed by atoms with Crippen molar-refractivity contribution < 1.29 is 4.74 Å². The molecule has 0 unspecified atom stereocenters. The number of hydrogen-bond donors (Lipinski definition) is 2. The van der Waals surface area contributed by atoms with Gasteiger partial charge in [-0.05, 0) is 12.1 Å². The maximum Gasteiger partial charge on any atom is 0.262 e. The van der Waals surface area contributed by atoms with Crippen LogP contribution >= 0.6 is 0 Å². The van der Waals surface area contributed by atoms with Gasteiger partial charge in [0.2, 0.25) is 0 Å². The van der Waals surface area contributed by atoms with Gasteiger partial charge in [0.15, 0.2) is 0 Å². The van der Waals surface area contributed by atoms with Crippen molar-refractivity contribution in [3.8, 4) is 11.4 Å². The number of nitrogens with one attached hydrogen (secondary N) is 2. The molecule has 0 radical (unpaired) electrons. The Balaban J connectivity index is 2.31. The highest BCUT2D eigenvalue weighted by molar-refractivity contribution is 5.54. The molecule has 1 aliphatic heterocycles. The molecule has 6 nitrogen and oxygen atoms in total. The summed E-state index contributed by atoms with van der Waals surface area (Å²) in [5, 5.41) is 4.10. The minimum Gasteiger partial charge on any atom is -0.498 e. The zero-order valence-corrected chi connectivity index (χ0v) is 10.3.